The van der Waals surface area contributed by atoms with Gasteiger partial charge in [-0.15, -0.1) is 0 Å². The van der Waals surface area contributed by atoms with Gasteiger partial charge in [-0.1, -0.05) is 0 Å². The van der Waals surface area contributed by atoms with Gasteiger partial charge in [0.05, 0.1) is 11.9 Å². The van der Waals surface area contributed by atoms with Crippen LogP contribution in [0.1, 0.15) is 18.5 Å². The van der Waals surface area contributed by atoms with E-state index in [1.165, 1.54) is 10.6 Å². The van der Waals surface area contributed by atoms with E-state index < -0.39 is 6.43 Å². The van der Waals surface area contributed by atoms with Crippen LogP contribution >= 0.6 is 0 Å². The van der Waals surface area contributed by atoms with E-state index in [-0.39, 0.29) is 5.69 Å². The molecule has 3 aromatic rings. The summed E-state index contributed by atoms with van der Waals surface area (Å²) >= 11 is 0. The number of alkyl halides is 2. The van der Waals surface area contributed by atoms with Gasteiger partial charge in [0.2, 0.25) is 0 Å². The maximum Gasteiger partial charge on any atom is 0.282 e. The number of nitrogens with one attached hydrogen (secondary N) is 1. The first-order valence-corrected chi connectivity index (χ1v) is 8.28. The number of imidazole rings is 1. The molecule has 5 rings (SSSR count). The highest BCUT2D eigenvalue weighted by Crippen LogP contribution is 2.31. The summed E-state index contributed by atoms with van der Waals surface area (Å²) < 4.78 is 27.4. The SMILES string of the molecule is FC(F)c1ccc2ncc(-c3ccnc(N4C[C@@H]5C[C@H]4CN5)c3)n2n1. The van der Waals surface area contributed by atoms with E-state index in [2.05, 4.69) is 25.3 Å². The maximum atomic E-state index is 13.0. The molecule has 2 atom stereocenters. The van der Waals surface area contributed by atoms with Crippen molar-refractivity contribution in [2.24, 2.45) is 0 Å². The van der Waals surface area contributed by atoms with Crippen molar-refractivity contribution in [3.63, 3.8) is 0 Å². The van der Waals surface area contributed by atoms with Crippen LogP contribution in [0.4, 0.5) is 14.6 Å². The second-order valence-electron chi connectivity index (χ2n) is 6.52. The lowest BCUT2D eigenvalue weighted by Gasteiger charge is -2.28. The molecule has 0 spiro atoms. The van der Waals surface area contributed by atoms with Crippen LogP contribution in [0, 0.1) is 0 Å². The lowest BCUT2D eigenvalue weighted by atomic mass is 10.2. The molecule has 2 aliphatic heterocycles. The Morgan fingerprint density at radius 1 is 1.20 bits per heavy atom. The Hall–Kier alpha value is -2.61. The molecule has 2 aliphatic rings. The molecule has 2 bridgehead atoms. The predicted molar refractivity (Wildman–Crippen MR) is 88.7 cm³/mol. The van der Waals surface area contributed by atoms with E-state index >= 15 is 0 Å². The van der Waals surface area contributed by atoms with Gasteiger partial charge < -0.3 is 10.2 Å². The Balaban J connectivity index is 1.56. The molecule has 25 heavy (non-hydrogen) atoms. The second kappa shape index (κ2) is 5.45. The summed E-state index contributed by atoms with van der Waals surface area (Å²) in [4.78, 5) is 11.1. The third-order valence-corrected chi connectivity index (χ3v) is 5.00. The highest BCUT2D eigenvalue weighted by Gasteiger charge is 2.38. The van der Waals surface area contributed by atoms with Crippen LogP contribution < -0.4 is 10.2 Å². The van der Waals surface area contributed by atoms with Crippen LogP contribution in [0.25, 0.3) is 16.9 Å². The number of aromatic nitrogens is 4. The molecule has 0 saturated carbocycles. The van der Waals surface area contributed by atoms with Gasteiger partial charge >= 0.3 is 0 Å². The first-order valence-electron chi connectivity index (χ1n) is 8.28. The van der Waals surface area contributed by atoms with Crippen molar-refractivity contribution in [3.8, 4) is 11.3 Å². The highest BCUT2D eigenvalue weighted by atomic mass is 19.3. The lowest BCUT2D eigenvalue weighted by molar-refractivity contribution is 0.144. The van der Waals surface area contributed by atoms with E-state index in [0.717, 1.165) is 30.9 Å². The molecular formula is C17H16F2N6. The van der Waals surface area contributed by atoms with Crippen molar-refractivity contribution in [1.82, 2.24) is 24.9 Å². The fourth-order valence-corrected chi connectivity index (χ4v) is 3.78. The minimum absolute atomic E-state index is 0.260. The van der Waals surface area contributed by atoms with Crippen LogP contribution in [-0.4, -0.2) is 44.8 Å². The number of hydrogen-bond acceptors (Lipinski definition) is 5. The maximum absolute atomic E-state index is 13.0. The smallest absolute Gasteiger partial charge is 0.282 e. The van der Waals surface area contributed by atoms with Gasteiger partial charge in [-0.25, -0.2) is 23.3 Å². The number of anilines is 1. The summed E-state index contributed by atoms with van der Waals surface area (Å²) in [6.45, 7) is 1.92. The van der Waals surface area contributed by atoms with Crippen molar-refractivity contribution in [1.29, 1.82) is 0 Å². The molecule has 0 radical (unpaired) electrons. The molecule has 2 fully saturated rings. The number of fused-ring (bicyclic) bond motifs is 3. The summed E-state index contributed by atoms with van der Waals surface area (Å²) in [7, 11) is 0. The molecule has 0 aromatic carbocycles. The third kappa shape index (κ3) is 2.36. The van der Waals surface area contributed by atoms with Crippen molar-refractivity contribution in [2.45, 2.75) is 24.9 Å². The standard InChI is InChI=1S/C17H16F2N6/c18-17(19)13-1-2-15-22-8-14(25(15)23-13)10-3-4-20-16(5-10)24-9-11-6-12(24)7-21-11/h1-5,8,11-12,17,21H,6-7,9H2/t11-,12-/m0/s1. The third-order valence-electron chi connectivity index (χ3n) is 5.00. The molecular weight excluding hydrogens is 326 g/mol. The van der Waals surface area contributed by atoms with Crippen LogP contribution in [-0.2, 0) is 0 Å². The number of nitrogens with zero attached hydrogens (tertiary/aromatic N) is 5. The largest absolute Gasteiger partial charge is 0.351 e. The lowest BCUT2D eigenvalue weighted by Crippen LogP contribution is -2.43. The van der Waals surface area contributed by atoms with Crippen LogP contribution in [0.2, 0.25) is 0 Å². The molecule has 8 heteroatoms. The molecule has 5 heterocycles. The van der Waals surface area contributed by atoms with Crippen molar-refractivity contribution in [3.05, 3.63) is 42.4 Å². The van der Waals surface area contributed by atoms with E-state index in [4.69, 9.17) is 0 Å². The summed E-state index contributed by atoms with van der Waals surface area (Å²) in [5, 5.41) is 7.51. The summed E-state index contributed by atoms with van der Waals surface area (Å²) in [5.74, 6) is 0.909. The minimum Gasteiger partial charge on any atom is -0.351 e. The normalized spacial score (nSPS) is 22.4. The average Bonchev–Trinajstić information content (AvgIpc) is 3.36. The summed E-state index contributed by atoms with van der Waals surface area (Å²) in [6.07, 6.45) is 1.94. The number of rotatable bonds is 3. The summed E-state index contributed by atoms with van der Waals surface area (Å²) in [6, 6.07) is 7.71. The predicted octanol–water partition coefficient (Wildman–Crippen LogP) is 2.28. The van der Waals surface area contributed by atoms with E-state index in [1.807, 2.05) is 12.1 Å². The monoisotopic (exact) mass is 342 g/mol. The van der Waals surface area contributed by atoms with Gasteiger partial charge in [-0.2, -0.15) is 5.10 Å². The van der Waals surface area contributed by atoms with Crippen LogP contribution in [0.5, 0.6) is 0 Å². The van der Waals surface area contributed by atoms with E-state index in [0.29, 0.717) is 23.4 Å². The molecule has 1 N–H and O–H groups in total. The van der Waals surface area contributed by atoms with Crippen LogP contribution in [0.15, 0.2) is 36.7 Å². The van der Waals surface area contributed by atoms with Gasteiger partial charge in [0.15, 0.2) is 5.65 Å². The van der Waals surface area contributed by atoms with Gasteiger partial charge in [0.1, 0.15) is 11.5 Å². The van der Waals surface area contributed by atoms with Crippen molar-refractivity contribution >= 4 is 11.5 Å². The molecule has 0 unspecified atom stereocenters. The molecule has 0 amide bonds. The zero-order valence-electron chi connectivity index (χ0n) is 13.3. The van der Waals surface area contributed by atoms with Gasteiger partial charge in [-0.05, 0) is 30.7 Å². The molecule has 128 valence electrons. The first-order chi connectivity index (χ1) is 12.2. The van der Waals surface area contributed by atoms with E-state index in [9.17, 15) is 8.78 Å². The molecule has 3 aromatic heterocycles. The average molecular weight is 342 g/mol. The molecule has 2 saturated heterocycles. The number of pyridine rings is 1. The van der Waals surface area contributed by atoms with E-state index in [1.54, 1.807) is 18.5 Å². The molecule has 0 aliphatic carbocycles. The Morgan fingerprint density at radius 2 is 2.12 bits per heavy atom. The Labute approximate surface area is 142 Å². The van der Waals surface area contributed by atoms with Crippen LogP contribution in [0.3, 0.4) is 0 Å². The molecule has 6 nitrogen and oxygen atoms in total. The Morgan fingerprint density at radius 3 is 2.88 bits per heavy atom. The first kappa shape index (κ1) is 14.7. The number of hydrogen-bond donors (Lipinski definition) is 1. The quantitative estimate of drug-likeness (QED) is 0.791. The van der Waals surface area contributed by atoms with Crippen molar-refractivity contribution < 1.29 is 8.78 Å². The fraction of sp³-hybridized carbons (Fsp3) is 0.353. The zero-order valence-corrected chi connectivity index (χ0v) is 13.3. The minimum atomic E-state index is -2.61. The summed E-state index contributed by atoms with van der Waals surface area (Å²) in [5.41, 5.74) is 1.84. The number of piperazine rings is 1. The highest BCUT2D eigenvalue weighted by molar-refractivity contribution is 5.66. The van der Waals surface area contributed by atoms with Gasteiger partial charge in [-0.3, -0.25) is 0 Å². The Kier molecular flexibility index (Phi) is 3.21. The van der Waals surface area contributed by atoms with Gasteiger partial charge in [0, 0.05) is 36.9 Å². The second-order valence-corrected chi connectivity index (χ2v) is 6.52. The van der Waals surface area contributed by atoms with Gasteiger partial charge in [0.25, 0.3) is 6.43 Å². The van der Waals surface area contributed by atoms with Crippen molar-refractivity contribution in [2.75, 3.05) is 18.0 Å². The fourth-order valence-electron chi connectivity index (χ4n) is 3.78. The Bertz CT molecular complexity index is 940. The topological polar surface area (TPSA) is 58.4 Å². The number of halogens is 2. The zero-order chi connectivity index (χ0) is 17.0.